The van der Waals surface area contributed by atoms with Gasteiger partial charge in [-0.2, -0.15) is 0 Å². The third kappa shape index (κ3) is 2.23. The number of aromatic hydroxyl groups is 1. The smallest absolute Gasteiger partial charge is 0.170 e. The van der Waals surface area contributed by atoms with Crippen molar-refractivity contribution in [3.63, 3.8) is 0 Å². The maximum atomic E-state index is 13.4. The first-order valence-electron chi connectivity index (χ1n) is 6.02. The van der Waals surface area contributed by atoms with Gasteiger partial charge in [-0.1, -0.05) is 17.7 Å². The van der Waals surface area contributed by atoms with E-state index in [1.54, 1.807) is 18.2 Å². The van der Waals surface area contributed by atoms with Crippen molar-refractivity contribution in [2.75, 3.05) is 0 Å². The van der Waals surface area contributed by atoms with Gasteiger partial charge in [-0.25, -0.2) is 4.39 Å². The lowest BCUT2D eigenvalue weighted by Gasteiger charge is -2.25. The molecule has 0 aromatic heterocycles. The summed E-state index contributed by atoms with van der Waals surface area (Å²) in [5.41, 5.74) is 0.947. The Bertz CT molecular complexity index is 700. The number of rotatable bonds is 1. The molecule has 5 heteroatoms. The van der Waals surface area contributed by atoms with E-state index in [-0.39, 0.29) is 12.2 Å². The normalized spacial score (nSPS) is 17.5. The van der Waals surface area contributed by atoms with E-state index in [0.717, 1.165) is 0 Å². The molecule has 102 valence electrons. The predicted molar refractivity (Wildman–Crippen MR) is 71.8 cm³/mol. The molecule has 1 aliphatic rings. The van der Waals surface area contributed by atoms with Crippen molar-refractivity contribution in [2.24, 2.45) is 0 Å². The number of Topliss-reactive ketones (excluding diaryl/α,β-unsaturated/α-hetero) is 1. The van der Waals surface area contributed by atoms with Crippen molar-refractivity contribution in [2.45, 2.75) is 12.5 Å². The van der Waals surface area contributed by atoms with E-state index in [0.29, 0.717) is 21.9 Å². The summed E-state index contributed by atoms with van der Waals surface area (Å²) in [7, 11) is 0. The molecule has 0 fully saturated rings. The molecule has 0 aliphatic carbocycles. The van der Waals surface area contributed by atoms with Crippen molar-refractivity contribution in [1.82, 2.24) is 0 Å². The van der Waals surface area contributed by atoms with Gasteiger partial charge >= 0.3 is 0 Å². The average molecular weight is 293 g/mol. The van der Waals surface area contributed by atoms with Crippen LogP contribution in [0.25, 0.3) is 0 Å². The second-order valence-corrected chi connectivity index (χ2v) is 5.02. The molecule has 1 aliphatic heterocycles. The number of phenols is 1. The highest BCUT2D eigenvalue weighted by Gasteiger charge is 2.28. The molecular weight excluding hydrogens is 283 g/mol. The summed E-state index contributed by atoms with van der Waals surface area (Å²) in [6.07, 6.45) is -0.455. The summed E-state index contributed by atoms with van der Waals surface area (Å²) in [5.74, 6) is -0.833. The number of ether oxygens (including phenoxy) is 1. The zero-order chi connectivity index (χ0) is 14.3. The fourth-order valence-electron chi connectivity index (χ4n) is 2.21. The SMILES string of the molecule is O=C1CC(c2ccc(O)c(F)c2)Oc2ccc(Cl)cc21. The van der Waals surface area contributed by atoms with Gasteiger partial charge in [0.05, 0.1) is 12.0 Å². The molecule has 20 heavy (non-hydrogen) atoms. The topological polar surface area (TPSA) is 46.5 Å². The van der Waals surface area contributed by atoms with Crippen LogP contribution in [0.4, 0.5) is 4.39 Å². The van der Waals surface area contributed by atoms with Gasteiger partial charge in [-0.3, -0.25) is 4.79 Å². The average Bonchev–Trinajstić information content (AvgIpc) is 2.42. The highest BCUT2D eigenvalue weighted by Crippen LogP contribution is 2.36. The fourth-order valence-corrected chi connectivity index (χ4v) is 2.38. The molecule has 1 heterocycles. The van der Waals surface area contributed by atoms with Gasteiger partial charge in [-0.05, 0) is 35.9 Å². The minimum Gasteiger partial charge on any atom is -0.505 e. The van der Waals surface area contributed by atoms with Crippen molar-refractivity contribution in [1.29, 1.82) is 0 Å². The first-order chi connectivity index (χ1) is 9.54. The van der Waals surface area contributed by atoms with Crippen molar-refractivity contribution < 1.29 is 19.0 Å². The molecule has 0 amide bonds. The largest absolute Gasteiger partial charge is 0.505 e. The van der Waals surface area contributed by atoms with E-state index in [1.165, 1.54) is 18.2 Å². The van der Waals surface area contributed by atoms with Crippen molar-refractivity contribution in [3.05, 3.63) is 58.4 Å². The number of carbonyl (C=O) groups excluding carboxylic acids is 1. The van der Waals surface area contributed by atoms with E-state index < -0.39 is 17.7 Å². The Morgan fingerprint density at radius 2 is 2.05 bits per heavy atom. The van der Waals surface area contributed by atoms with Crippen molar-refractivity contribution in [3.8, 4) is 11.5 Å². The summed E-state index contributed by atoms with van der Waals surface area (Å²) in [5, 5.41) is 9.65. The van der Waals surface area contributed by atoms with Crippen molar-refractivity contribution >= 4 is 17.4 Å². The molecule has 0 bridgehead atoms. The van der Waals surface area contributed by atoms with Gasteiger partial charge in [-0.15, -0.1) is 0 Å². The lowest BCUT2D eigenvalue weighted by molar-refractivity contribution is 0.0849. The number of phenolic OH excluding ortho intramolecular Hbond substituents is 1. The molecular formula is C15H10ClFO3. The number of ketones is 1. The molecule has 0 spiro atoms. The summed E-state index contributed by atoms with van der Waals surface area (Å²) in [4.78, 5) is 12.1. The minimum absolute atomic E-state index is 0.104. The van der Waals surface area contributed by atoms with Gasteiger partial charge < -0.3 is 9.84 Å². The van der Waals surface area contributed by atoms with Crippen LogP contribution in [-0.2, 0) is 0 Å². The van der Waals surface area contributed by atoms with Crippen LogP contribution in [-0.4, -0.2) is 10.9 Å². The van der Waals surface area contributed by atoms with Crippen LogP contribution in [0, 0.1) is 5.82 Å². The Balaban J connectivity index is 1.97. The first kappa shape index (κ1) is 12.9. The zero-order valence-electron chi connectivity index (χ0n) is 10.3. The summed E-state index contributed by atoms with van der Waals surface area (Å²) >= 11 is 5.85. The number of halogens is 2. The van der Waals surface area contributed by atoms with Crippen LogP contribution in [0.3, 0.4) is 0 Å². The molecule has 3 rings (SSSR count). The number of carbonyl (C=O) groups is 1. The second kappa shape index (κ2) is 4.80. The predicted octanol–water partition coefficient (Wildman–Crippen LogP) is 3.89. The lowest BCUT2D eigenvalue weighted by atomic mass is 9.96. The van der Waals surface area contributed by atoms with Gasteiger partial charge in [0.25, 0.3) is 0 Å². The third-order valence-corrected chi connectivity index (χ3v) is 3.46. The quantitative estimate of drug-likeness (QED) is 0.867. The van der Waals surface area contributed by atoms with E-state index in [9.17, 15) is 14.3 Å². The van der Waals surface area contributed by atoms with Crippen LogP contribution in [0.5, 0.6) is 11.5 Å². The zero-order valence-corrected chi connectivity index (χ0v) is 11.0. The van der Waals surface area contributed by atoms with E-state index in [1.807, 2.05) is 0 Å². The molecule has 3 nitrogen and oxygen atoms in total. The molecule has 2 aromatic rings. The number of hydrogen-bond donors (Lipinski definition) is 1. The Kier molecular flexibility index (Phi) is 3.10. The summed E-state index contributed by atoms with van der Waals surface area (Å²) in [6, 6.07) is 8.78. The first-order valence-corrected chi connectivity index (χ1v) is 6.40. The van der Waals surface area contributed by atoms with E-state index in [2.05, 4.69) is 0 Å². The Hall–Kier alpha value is -2.07. The van der Waals surface area contributed by atoms with Gasteiger partial charge in [0.1, 0.15) is 11.9 Å². The minimum atomic E-state index is -0.736. The van der Waals surface area contributed by atoms with Gasteiger partial charge in [0, 0.05) is 5.02 Å². The number of benzene rings is 2. The monoisotopic (exact) mass is 292 g/mol. The summed E-state index contributed by atoms with van der Waals surface area (Å²) < 4.78 is 19.1. The van der Waals surface area contributed by atoms with Crippen LogP contribution in [0.15, 0.2) is 36.4 Å². The maximum absolute atomic E-state index is 13.4. The molecule has 0 radical (unpaired) electrons. The third-order valence-electron chi connectivity index (χ3n) is 3.23. The number of hydrogen-bond acceptors (Lipinski definition) is 3. The van der Waals surface area contributed by atoms with E-state index >= 15 is 0 Å². The molecule has 2 aromatic carbocycles. The van der Waals surface area contributed by atoms with Crippen LogP contribution in [0.1, 0.15) is 28.4 Å². The standard InChI is InChI=1S/C15H10ClFO3/c16-9-2-4-14-10(6-9)13(19)7-15(20-14)8-1-3-12(18)11(17)5-8/h1-6,15,18H,7H2. The molecule has 0 saturated carbocycles. The van der Waals surface area contributed by atoms with Gasteiger partial charge in [0.15, 0.2) is 17.3 Å². The van der Waals surface area contributed by atoms with E-state index in [4.69, 9.17) is 16.3 Å². The van der Waals surface area contributed by atoms with Crippen LogP contribution < -0.4 is 4.74 Å². The second-order valence-electron chi connectivity index (χ2n) is 4.59. The highest BCUT2D eigenvalue weighted by atomic mass is 35.5. The van der Waals surface area contributed by atoms with Crippen LogP contribution in [0.2, 0.25) is 5.02 Å². The maximum Gasteiger partial charge on any atom is 0.170 e. The van der Waals surface area contributed by atoms with Crippen LogP contribution >= 0.6 is 11.6 Å². The molecule has 1 N–H and O–H groups in total. The highest BCUT2D eigenvalue weighted by molar-refractivity contribution is 6.31. The Morgan fingerprint density at radius 1 is 1.25 bits per heavy atom. The number of fused-ring (bicyclic) bond motifs is 1. The Labute approximate surface area is 119 Å². The fraction of sp³-hybridized carbons (Fsp3) is 0.133. The Morgan fingerprint density at radius 3 is 2.80 bits per heavy atom. The summed E-state index contributed by atoms with van der Waals surface area (Å²) in [6.45, 7) is 0. The molecule has 1 unspecified atom stereocenters. The van der Waals surface area contributed by atoms with Gasteiger partial charge in [0.2, 0.25) is 0 Å². The molecule has 0 saturated heterocycles. The lowest BCUT2D eigenvalue weighted by Crippen LogP contribution is -2.20. The molecule has 1 atom stereocenters.